The summed E-state index contributed by atoms with van der Waals surface area (Å²) >= 11 is 3.11. The highest BCUT2D eigenvalue weighted by Crippen LogP contribution is 2.32. The molecule has 0 radical (unpaired) electrons. The third kappa shape index (κ3) is 2.30. The van der Waals surface area contributed by atoms with Gasteiger partial charge in [0.2, 0.25) is 0 Å². The lowest BCUT2D eigenvalue weighted by molar-refractivity contribution is 0.713. The highest BCUT2D eigenvalue weighted by atomic mass is 32.1. The van der Waals surface area contributed by atoms with E-state index in [0.29, 0.717) is 15.9 Å². The fraction of sp³-hybridized carbons (Fsp3) is 0.278. The van der Waals surface area contributed by atoms with Gasteiger partial charge in [0.05, 0.1) is 26.8 Å². The number of fused-ring (bicyclic) bond motifs is 4. The van der Waals surface area contributed by atoms with Gasteiger partial charge in [-0.1, -0.05) is 6.42 Å². The Balaban J connectivity index is 1.82. The third-order valence-corrected chi connectivity index (χ3v) is 6.85. The van der Waals surface area contributed by atoms with Crippen LogP contribution in [0.5, 0.6) is 0 Å². The first kappa shape index (κ1) is 15.0. The minimum Gasteiger partial charge on any atom is -0.298 e. The first-order chi connectivity index (χ1) is 12.2. The van der Waals surface area contributed by atoms with Crippen molar-refractivity contribution in [3.05, 3.63) is 55.0 Å². The summed E-state index contributed by atoms with van der Waals surface area (Å²) in [5, 5.41) is 0.694. The average Bonchev–Trinajstić information content (AvgIpc) is 3.12. The Morgan fingerprint density at radius 2 is 2.00 bits per heavy atom. The maximum absolute atomic E-state index is 13.2. The number of aromatic amines is 1. The number of nitrogens with one attached hydrogen (secondary N) is 1. The normalized spacial score (nSPS) is 14.7. The molecule has 0 fully saturated rings. The zero-order chi connectivity index (χ0) is 17.0. The molecule has 0 aliphatic heterocycles. The van der Waals surface area contributed by atoms with Gasteiger partial charge in [0, 0.05) is 4.88 Å². The van der Waals surface area contributed by atoms with Crippen molar-refractivity contribution >= 4 is 43.1 Å². The van der Waals surface area contributed by atoms with Gasteiger partial charge < -0.3 is 0 Å². The molecule has 0 atom stereocenters. The zero-order valence-electron chi connectivity index (χ0n) is 13.4. The second-order valence-corrected chi connectivity index (χ2v) is 8.34. The Morgan fingerprint density at radius 1 is 1.12 bits per heavy atom. The Kier molecular flexibility index (Phi) is 3.39. The molecule has 1 N–H and O–H groups in total. The van der Waals surface area contributed by atoms with Crippen LogP contribution in [0.25, 0.3) is 26.1 Å². The van der Waals surface area contributed by atoms with E-state index >= 15 is 0 Å². The van der Waals surface area contributed by atoms with E-state index in [9.17, 15) is 9.59 Å². The first-order valence-electron chi connectivity index (χ1n) is 8.35. The Hall–Kier alpha value is -2.25. The summed E-state index contributed by atoms with van der Waals surface area (Å²) in [5.74, 6) is 0. The fourth-order valence-electron chi connectivity index (χ4n) is 3.63. The predicted molar refractivity (Wildman–Crippen MR) is 102 cm³/mol. The van der Waals surface area contributed by atoms with Crippen molar-refractivity contribution in [1.82, 2.24) is 14.5 Å². The van der Waals surface area contributed by atoms with Crippen LogP contribution in [-0.4, -0.2) is 14.5 Å². The van der Waals surface area contributed by atoms with Crippen molar-refractivity contribution in [2.24, 2.45) is 0 Å². The number of H-pyrrole nitrogens is 1. The molecular formula is C18H15N3O2S2. The molecule has 7 heteroatoms. The van der Waals surface area contributed by atoms with Crippen molar-refractivity contribution in [2.75, 3.05) is 0 Å². The minimum atomic E-state index is -0.386. The topological polar surface area (TPSA) is 67.8 Å². The van der Waals surface area contributed by atoms with Crippen molar-refractivity contribution in [3.8, 4) is 5.69 Å². The molecule has 0 bridgehead atoms. The lowest BCUT2D eigenvalue weighted by Crippen LogP contribution is -2.33. The van der Waals surface area contributed by atoms with Crippen molar-refractivity contribution in [2.45, 2.75) is 32.1 Å². The van der Waals surface area contributed by atoms with E-state index in [0.717, 1.165) is 41.5 Å². The number of aryl methyl sites for hydroxylation is 2. The maximum Gasteiger partial charge on any atom is 0.334 e. The van der Waals surface area contributed by atoms with Gasteiger partial charge >= 0.3 is 5.69 Å². The fourth-order valence-corrected chi connectivity index (χ4v) is 5.56. The van der Waals surface area contributed by atoms with E-state index in [1.165, 1.54) is 15.9 Å². The number of thiophene rings is 1. The predicted octanol–water partition coefficient (Wildman–Crippen LogP) is 3.62. The van der Waals surface area contributed by atoms with Crippen LogP contribution >= 0.6 is 22.7 Å². The van der Waals surface area contributed by atoms with Crippen LogP contribution in [-0.2, 0) is 12.8 Å². The number of hydrogen-bond donors (Lipinski definition) is 1. The molecule has 1 aliphatic rings. The summed E-state index contributed by atoms with van der Waals surface area (Å²) in [6.07, 6.45) is 5.37. The molecule has 5 rings (SSSR count). The lowest BCUT2D eigenvalue weighted by Gasteiger charge is -2.06. The summed E-state index contributed by atoms with van der Waals surface area (Å²) in [6.45, 7) is 0. The number of nitrogens with zero attached hydrogens (tertiary/aromatic N) is 2. The van der Waals surface area contributed by atoms with Gasteiger partial charge in [-0.2, -0.15) is 0 Å². The molecule has 0 amide bonds. The monoisotopic (exact) mass is 369 g/mol. The summed E-state index contributed by atoms with van der Waals surface area (Å²) in [5.41, 5.74) is 3.68. The third-order valence-electron chi connectivity index (χ3n) is 4.83. The molecule has 0 saturated carbocycles. The van der Waals surface area contributed by atoms with Crippen molar-refractivity contribution in [3.63, 3.8) is 0 Å². The van der Waals surface area contributed by atoms with E-state index in [1.807, 2.05) is 12.1 Å². The first-order valence-corrected chi connectivity index (χ1v) is 10.1. The standard InChI is InChI=1S/C18H15N3O2S2/c22-17-15-11-4-2-1-3-5-13(11)25-16(15)20-18(23)21(17)10-6-7-14-12(8-10)19-9-24-14/h6-9H,1-5H2,(H,20,23). The molecule has 3 heterocycles. The van der Waals surface area contributed by atoms with Gasteiger partial charge in [0.15, 0.2) is 0 Å². The quantitative estimate of drug-likeness (QED) is 0.521. The van der Waals surface area contributed by atoms with Crippen LogP contribution in [0.3, 0.4) is 0 Å². The van der Waals surface area contributed by atoms with E-state index in [1.54, 1.807) is 34.3 Å². The smallest absolute Gasteiger partial charge is 0.298 e. The average molecular weight is 369 g/mol. The van der Waals surface area contributed by atoms with Gasteiger partial charge in [-0.15, -0.1) is 22.7 Å². The molecular weight excluding hydrogens is 354 g/mol. The summed E-state index contributed by atoms with van der Waals surface area (Å²) in [4.78, 5) is 35.0. The van der Waals surface area contributed by atoms with Crippen LogP contribution in [0.1, 0.15) is 29.7 Å². The Morgan fingerprint density at radius 3 is 2.92 bits per heavy atom. The molecule has 4 aromatic rings. The summed E-state index contributed by atoms with van der Waals surface area (Å²) in [6, 6.07) is 5.53. The number of thiazole rings is 1. The molecule has 0 saturated heterocycles. The molecule has 1 aliphatic carbocycles. The molecule has 126 valence electrons. The Bertz CT molecular complexity index is 1230. The van der Waals surface area contributed by atoms with Gasteiger partial charge in [0.25, 0.3) is 5.56 Å². The summed E-state index contributed by atoms with van der Waals surface area (Å²) < 4.78 is 2.29. The highest BCUT2D eigenvalue weighted by molar-refractivity contribution is 7.18. The van der Waals surface area contributed by atoms with Crippen molar-refractivity contribution < 1.29 is 0 Å². The van der Waals surface area contributed by atoms with Crippen LogP contribution in [0.4, 0.5) is 0 Å². The number of hydrogen-bond acceptors (Lipinski definition) is 5. The van der Waals surface area contributed by atoms with Gasteiger partial charge in [-0.05, 0) is 49.4 Å². The van der Waals surface area contributed by atoms with E-state index < -0.39 is 0 Å². The van der Waals surface area contributed by atoms with E-state index in [4.69, 9.17) is 0 Å². The molecule has 0 unspecified atom stereocenters. The zero-order valence-corrected chi connectivity index (χ0v) is 15.0. The van der Waals surface area contributed by atoms with E-state index in [2.05, 4.69) is 9.97 Å². The second-order valence-electron chi connectivity index (χ2n) is 6.34. The molecule has 3 aromatic heterocycles. The molecule has 5 nitrogen and oxygen atoms in total. The molecule has 1 aromatic carbocycles. The molecule has 25 heavy (non-hydrogen) atoms. The summed E-state index contributed by atoms with van der Waals surface area (Å²) in [7, 11) is 0. The van der Waals surface area contributed by atoms with E-state index in [-0.39, 0.29) is 11.2 Å². The maximum atomic E-state index is 13.2. The van der Waals surface area contributed by atoms with Crippen LogP contribution in [0, 0.1) is 0 Å². The number of rotatable bonds is 1. The van der Waals surface area contributed by atoms with Crippen LogP contribution < -0.4 is 11.2 Å². The lowest BCUT2D eigenvalue weighted by atomic mass is 10.1. The van der Waals surface area contributed by atoms with Gasteiger partial charge in [-0.25, -0.2) is 14.3 Å². The SMILES string of the molecule is O=c1[nH]c2sc3c(c2c(=O)n1-c1ccc2scnc2c1)CCCCC3. The van der Waals surface area contributed by atoms with Gasteiger partial charge in [0.1, 0.15) is 4.83 Å². The van der Waals surface area contributed by atoms with Crippen LogP contribution in [0.15, 0.2) is 33.3 Å². The number of benzene rings is 1. The highest BCUT2D eigenvalue weighted by Gasteiger charge is 2.20. The van der Waals surface area contributed by atoms with Crippen LogP contribution in [0.2, 0.25) is 0 Å². The van der Waals surface area contributed by atoms with Gasteiger partial charge in [-0.3, -0.25) is 9.78 Å². The Labute approximate surface area is 150 Å². The van der Waals surface area contributed by atoms with Crippen molar-refractivity contribution in [1.29, 1.82) is 0 Å². The number of aromatic nitrogens is 3. The second kappa shape index (κ2) is 5.64. The molecule has 0 spiro atoms. The largest absolute Gasteiger partial charge is 0.334 e. The minimum absolute atomic E-state index is 0.215.